The Balaban J connectivity index is 1.90. The van der Waals surface area contributed by atoms with E-state index in [4.69, 9.17) is 5.11 Å². The van der Waals surface area contributed by atoms with Crippen molar-refractivity contribution in [1.82, 2.24) is 10.2 Å². The summed E-state index contributed by atoms with van der Waals surface area (Å²) in [6.45, 7) is 4.96. The zero-order chi connectivity index (χ0) is 8.39. The third-order valence-electron chi connectivity index (χ3n) is 3.16. The van der Waals surface area contributed by atoms with Gasteiger partial charge < -0.3 is 10.4 Å². The summed E-state index contributed by atoms with van der Waals surface area (Å²) in [4.78, 5) is 2.52. The Hall–Kier alpha value is -0.120. The molecule has 12 heavy (non-hydrogen) atoms. The van der Waals surface area contributed by atoms with Crippen LogP contribution < -0.4 is 5.32 Å². The fourth-order valence-electron chi connectivity index (χ4n) is 2.25. The second-order valence-corrected chi connectivity index (χ2v) is 3.89. The van der Waals surface area contributed by atoms with Crippen molar-refractivity contribution >= 4 is 0 Å². The van der Waals surface area contributed by atoms with E-state index in [9.17, 15) is 0 Å². The molecule has 2 fully saturated rings. The molecule has 0 saturated carbocycles. The van der Waals surface area contributed by atoms with Crippen LogP contribution in [-0.4, -0.2) is 48.8 Å². The number of aliphatic hydroxyl groups excluding tert-OH is 1. The second kappa shape index (κ2) is 3.73. The molecule has 0 bridgehead atoms. The minimum absolute atomic E-state index is 0.341. The van der Waals surface area contributed by atoms with Crippen LogP contribution in [0, 0.1) is 5.92 Å². The quantitative estimate of drug-likeness (QED) is 0.595. The first-order valence-corrected chi connectivity index (χ1v) is 4.97. The van der Waals surface area contributed by atoms with E-state index in [0.717, 1.165) is 13.1 Å². The number of likely N-dealkylation sites (tertiary alicyclic amines) is 1. The van der Waals surface area contributed by atoms with Gasteiger partial charge in [-0.3, -0.25) is 4.90 Å². The maximum Gasteiger partial charge on any atom is 0.0486 e. The predicted molar refractivity (Wildman–Crippen MR) is 48.0 cm³/mol. The zero-order valence-electron chi connectivity index (χ0n) is 7.50. The predicted octanol–water partition coefficient (Wildman–Crippen LogP) is -0.337. The molecule has 2 heterocycles. The van der Waals surface area contributed by atoms with Crippen LogP contribution in [0.25, 0.3) is 0 Å². The highest BCUT2D eigenvalue weighted by atomic mass is 16.3. The lowest BCUT2D eigenvalue weighted by Crippen LogP contribution is -2.55. The van der Waals surface area contributed by atoms with Gasteiger partial charge in [0, 0.05) is 25.1 Å². The highest BCUT2D eigenvalue weighted by Gasteiger charge is 2.31. The van der Waals surface area contributed by atoms with Gasteiger partial charge in [0.05, 0.1) is 0 Å². The number of nitrogens with one attached hydrogen (secondary N) is 1. The van der Waals surface area contributed by atoms with Gasteiger partial charge in [-0.1, -0.05) is 0 Å². The summed E-state index contributed by atoms with van der Waals surface area (Å²) in [6.07, 6.45) is 2.56. The largest absolute Gasteiger partial charge is 0.396 e. The van der Waals surface area contributed by atoms with Crippen LogP contribution in [0.5, 0.6) is 0 Å². The average Bonchev–Trinajstić information content (AvgIpc) is 2.02. The molecule has 0 aromatic rings. The minimum atomic E-state index is 0.341. The Labute approximate surface area is 73.8 Å². The van der Waals surface area contributed by atoms with Gasteiger partial charge in [0.2, 0.25) is 0 Å². The molecule has 0 unspecified atom stereocenters. The van der Waals surface area contributed by atoms with Gasteiger partial charge in [0.1, 0.15) is 0 Å². The Morgan fingerprint density at radius 2 is 2.25 bits per heavy atom. The molecule has 2 aliphatic rings. The minimum Gasteiger partial charge on any atom is -0.396 e. The van der Waals surface area contributed by atoms with Crippen LogP contribution in [0.15, 0.2) is 0 Å². The Kier molecular flexibility index (Phi) is 2.63. The van der Waals surface area contributed by atoms with E-state index in [1.807, 2.05) is 0 Å². The topological polar surface area (TPSA) is 35.5 Å². The van der Waals surface area contributed by atoms with Crippen molar-refractivity contribution < 1.29 is 5.11 Å². The third-order valence-corrected chi connectivity index (χ3v) is 3.16. The van der Waals surface area contributed by atoms with E-state index in [2.05, 4.69) is 10.2 Å². The molecule has 70 valence electrons. The first-order valence-electron chi connectivity index (χ1n) is 4.97. The Morgan fingerprint density at radius 3 is 2.83 bits per heavy atom. The van der Waals surface area contributed by atoms with Crippen molar-refractivity contribution in [1.29, 1.82) is 0 Å². The molecule has 0 aliphatic carbocycles. The lowest BCUT2D eigenvalue weighted by molar-refractivity contribution is 0.0342. The molecule has 0 radical (unpaired) electrons. The van der Waals surface area contributed by atoms with Gasteiger partial charge in [-0.05, 0) is 32.5 Å². The zero-order valence-corrected chi connectivity index (χ0v) is 7.50. The first kappa shape index (κ1) is 8.48. The lowest BCUT2D eigenvalue weighted by Gasteiger charge is -2.44. The van der Waals surface area contributed by atoms with Gasteiger partial charge in [-0.2, -0.15) is 0 Å². The summed E-state index contributed by atoms with van der Waals surface area (Å²) in [5, 5.41) is 12.5. The summed E-state index contributed by atoms with van der Waals surface area (Å²) in [6, 6.07) is 0.657. The maximum absolute atomic E-state index is 9.16. The van der Waals surface area contributed by atoms with E-state index >= 15 is 0 Å². The SMILES string of the molecule is OC[C@H]1CNCC[C@H]1N1CCC1. The van der Waals surface area contributed by atoms with E-state index in [1.54, 1.807) is 0 Å². The molecule has 0 aromatic heterocycles. The summed E-state index contributed by atoms with van der Waals surface area (Å²) >= 11 is 0. The molecular weight excluding hydrogens is 152 g/mol. The van der Waals surface area contributed by atoms with Crippen molar-refractivity contribution in [3.05, 3.63) is 0 Å². The van der Waals surface area contributed by atoms with Crippen LogP contribution in [0.2, 0.25) is 0 Å². The van der Waals surface area contributed by atoms with E-state index in [-0.39, 0.29) is 0 Å². The Morgan fingerprint density at radius 1 is 1.42 bits per heavy atom. The van der Waals surface area contributed by atoms with E-state index in [0.29, 0.717) is 18.6 Å². The number of hydrogen-bond acceptors (Lipinski definition) is 3. The van der Waals surface area contributed by atoms with Gasteiger partial charge in [0.25, 0.3) is 0 Å². The molecule has 2 rings (SSSR count). The molecule has 0 spiro atoms. The summed E-state index contributed by atoms with van der Waals surface area (Å²) in [7, 11) is 0. The lowest BCUT2D eigenvalue weighted by atomic mass is 9.90. The van der Waals surface area contributed by atoms with E-state index in [1.165, 1.54) is 25.9 Å². The van der Waals surface area contributed by atoms with Gasteiger partial charge in [-0.15, -0.1) is 0 Å². The van der Waals surface area contributed by atoms with Crippen molar-refractivity contribution in [2.24, 2.45) is 5.92 Å². The molecule has 0 aromatic carbocycles. The number of aliphatic hydroxyl groups is 1. The average molecular weight is 170 g/mol. The summed E-state index contributed by atoms with van der Waals surface area (Å²) in [5.41, 5.74) is 0. The molecular formula is C9H18N2O. The number of nitrogens with zero attached hydrogens (tertiary/aromatic N) is 1. The van der Waals surface area contributed by atoms with Crippen molar-refractivity contribution in [3.63, 3.8) is 0 Å². The number of rotatable bonds is 2. The summed E-state index contributed by atoms with van der Waals surface area (Å²) < 4.78 is 0. The van der Waals surface area contributed by atoms with Crippen LogP contribution in [-0.2, 0) is 0 Å². The normalized spacial score (nSPS) is 37.8. The smallest absolute Gasteiger partial charge is 0.0486 e. The van der Waals surface area contributed by atoms with Gasteiger partial charge in [-0.25, -0.2) is 0 Å². The Bertz CT molecular complexity index is 147. The van der Waals surface area contributed by atoms with Gasteiger partial charge in [0.15, 0.2) is 0 Å². The second-order valence-electron chi connectivity index (χ2n) is 3.89. The van der Waals surface area contributed by atoms with Crippen molar-refractivity contribution in [3.8, 4) is 0 Å². The van der Waals surface area contributed by atoms with Crippen LogP contribution >= 0.6 is 0 Å². The monoisotopic (exact) mass is 170 g/mol. The standard InChI is InChI=1S/C9H18N2O/c12-7-8-6-10-3-2-9(8)11-4-1-5-11/h8-10,12H,1-7H2/t8-,9-/m1/s1. The maximum atomic E-state index is 9.16. The van der Waals surface area contributed by atoms with Gasteiger partial charge >= 0.3 is 0 Å². The molecule has 2 atom stereocenters. The molecule has 2 saturated heterocycles. The summed E-state index contributed by atoms with van der Waals surface area (Å²) in [5.74, 6) is 0.471. The fraction of sp³-hybridized carbons (Fsp3) is 1.00. The molecule has 2 N–H and O–H groups in total. The molecule has 0 amide bonds. The van der Waals surface area contributed by atoms with Crippen LogP contribution in [0.1, 0.15) is 12.8 Å². The fourth-order valence-corrected chi connectivity index (χ4v) is 2.25. The van der Waals surface area contributed by atoms with E-state index < -0.39 is 0 Å². The number of piperidine rings is 1. The van der Waals surface area contributed by atoms with Crippen molar-refractivity contribution in [2.75, 3.05) is 32.8 Å². The molecule has 2 aliphatic heterocycles. The number of hydrogen-bond donors (Lipinski definition) is 2. The third kappa shape index (κ3) is 1.49. The highest BCUT2D eigenvalue weighted by molar-refractivity contribution is 4.88. The van der Waals surface area contributed by atoms with Crippen LogP contribution in [0.4, 0.5) is 0 Å². The molecule has 3 heteroatoms. The molecule has 3 nitrogen and oxygen atoms in total. The van der Waals surface area contributed by atoms with Crippen molar-refractivity contribution in [2.45, 2.75) is 18.9 Å². The van der Waals surface area contributed by atoms with Crippen LogP contribution in [0.3, 0.4) is 0 Å². The highest BCUT2D eigenvalue weighted by Crippen LogP contribution is 2.22. The first-order chi connectivity index (χ1) is 5.92.